The SMILES string of the molecule is CCN1CCC([C@@H](C)CNC(C)C)CC1. The highest BCUT2D eigenvalue weighted by molar-refractivity contribution is 4.76. The van der Waals surface area contributed by atoms with Crippen LogP contribution in [0.2, 0.25) is 0 Å². The second kappa shape index (κ2) is 6.49. The molecule has 15 heavy (non-hydrogen) atoms. The predicted octanol–water partition coefficient (Wildman–Crippen LogP) is 2.35. The van der Waals surface area contributed by atoms with Gasteiger partial charge in [-0.1, -0.05) is 27.7 Å². The summed E-state index contributed by atoms with van der Waals surface area (Å²) in [5, 5.41) is 3.55. The third-order valence-electron chi connectivity index (χ3n) is 3.73. The van der Waals surface area contributed by atoms with Crippen molar-refractivity contribution in [2.24, 2.45) is 11.8 Å². The Hall–Kier alpha value is -0.0800. The van der Waals surface area contributed by atoms with E-state index >= 15 is 0 Å². The molecule has 0 amide bonds. The van der Waals surface area contributed by atoms with Crippen molar-refractivity contribution in [2.45, 2.75) is 46.6 Å². The van der Waals surface area contributed by atoms with Gasteiger partial charge in [0.2, 0.25) is 0 Å². The highest BCUT2D eigenvalue weighted by atomic mass is 15.1. The molecule has 1 aliphatic heterocycles. The van der Waals surface area contributed by atoms with Crippen LogP contribution < -0.4 is 5.32 Å². The van der Waals surface area contributed by atoms with E-state index in [1.165, 1.54) is 39.0 Å². The highest BCUT2D eigenvalue weighted by Crippen LogP contribution is 2.24. The van der Waals surface area contributed by atoms with Gasteiger partial charge in [-0.3, -0.25) is 0 Å². The molecule has 0 spiro atoms. The summed E-state index contributed by atoms with van der Waals surface area (Å²) in [6.45, 7) is 14.2. The van der Waals surface area contributed by atoms with Crippen molar-refractivity contribution >= 4 is 0 Å². The van der Waals surface area contributed by atoms with Crippen LogP contribution in [0.3, 0.4) is 0 Å². The summed E-state index contributed by atoms with van der Waals surface area (Å²) in [7, 11) is 0. The fraction of sp³-hybridized carbons (Fsp3) is 1.00. The summed E-state index contributed by atoms with van der Waals surface area (Å²) in [6, 6.07) is 0.628. The number of likely N-dealkylation sites (tertiary alicyclic amines) is 1. The lowest BCUT2D eigenvalue weighted by atomic mass is 9.85. The average molecular weight is 212 g/mol. The van der Waals surface area contributed by atoms with Gasteiger partial charge < -0.3 is 10.2 Å². The molecule has 1 heterocycles. The maximum atomic E-state index is 3.55. The van der Waals surface area contributed by atoms with Crippen LogP contribution in [0.15, 0.2) is 0 Å². The van der Waals surface area contributed by atoms with Crippen molar-refractivity contribution in [3.63, 3.8) is 0 Å². The van der Waals surface area contributed by atoms with E-state index in [1.54, 1.807) is 0 Å². The average Bonchev–Trinajstić information content (AvgIpc) is 2.26. The number of nitrogens with zero attached hydrogens (tertiary/aromatic N) is 1. The van der Waals surface area contributed by atoms with Crippen molar-refractivity contribution in [3.05, 3.63) is 0 Å². The van der Waals surface area contributed by atoms with Crippen molar-refractivity contribution in [1.82, 2.24) is 10.2 Å². The first kappa shape index (κ1) is 13.0. The first-order valence-electron chi connectivity index (χ1n) is 6.59. The van der Waals surface area contributed by atoms with Crippen LogP contribution in [-0.4, -0.2) is 37.1 Å². The summed E-state index contributed by atoms with van der Waals surface area (Å²) in [4.78, 5) is 2.57. The van der Waals surface area contributed by atoms with Crippen molar-refractivity contribution in [1.29, 1.82) is 0 Å². The van der Waals surface area contributed by atoms with E-state index in [-0.39, 0.29) is 0 Å². The van der Waals surface area contributed by atoms with Gasteiger partial charge in [0.05, 0.1) is 0 Å². The molecule has 0 aromatic heterocycles. The van der Waals surface area contributed by atoms with Crippen LogP contribution in [0, 0.1) is 11.8 Å². The molecule has 1 fully saturated rings. The second-order valence-corrected chi connectivity index (χ2v) is 5.31. The molecule has 2 nitrogen and oxygen atoms in total. The number of piperidine rings is 1. The summed E-state index contributed by atoms with van der Waals surface area (Å²) < 4.78 is 0. The van der Waals surface area contributed by atoms with E-state index in [2.05, 4.69) is 37.9 Å². The second-order valence-electron chi connectivity index (χ2n) is 5.31. The van der Waals surface area contributed by atoms with Gasteiger partial charge in [-0.25, -0.2) is 0 Å². The highest BCUT2D eigenvalue weighted by Gasteiger charge is 2.22. The van der Waals surface area contributed by atoms with Gasteiger partial charge in [0.15, 0.2) is 0 Å². The molecule has 2 heteroatoms. The molecule has 0 aromatic carbocycles. The molecule has 0 bridgehead atoms. The van der Waals surface area contributed by atoms with Crippen molar-refractivity contribution < 1.29 is 0 Å². The van der Waals surface area contributed by atoms with Gasteiger partial charge in [0, 0.05) is 6.04 Å². The molecule has 1 saturated heterocycles. The maximum Gasteiger partial charge on any atom is 0.00104 e. The smallest absolute Gasteiger partial charge is 0.00104 e. The van der Waals surface area contributed by atoms with E-state index < -0.39 is 0 Å². The van der Waals surface area contributed by atoms with Crippen molar-refractivity contribution in [2.75, 3.05) is 26.2 Å². The van der Waals surface area contributed by atoms with Crippen LogP contribution in [0.1, 0.15) is 40.5 Å². The molecule has 0 aliphatic carbocycles. The number of hydrogen-bond donors (Lipinski definition) is 1. The Morgan fingerprint density at radius 1 is 1.20 bits per heavy atom. The van der Waals surface area contributed by atoms with Crippen LogP contribution >= 0.6 is 0 Å². The largest absolute Gasteiger partial charge is 0.314 e. The number of nitrogens with one attached hydrogen (secondary N) is 1. The van der Waals surface area contributed by atoms with Crippen LogP contribution in [0.25, 0.3) is 0 Å². The van der Waals surface area contributed by atoms with E-state index in [1.807, 2.05) is 0 Å². The summed E-state index contributed by atoms with van der Waals surface area (Å²) in [5.74, 6) is 1.78. The predicted molar refractivity (Wildman–Crippen MR) is 67.1 cm³/mol. The third kappa shape index (κ3) is 4.52. The maximum absolute atomic E-state index is 3.55. The Kier molecular flexibility index (Phi) is 5.62. The number of hydrogen-bond acceptors (Lipinski definition) is 2. The Bertz CT molecular complexity index is 160. The monoisotopic (exact) mass is 212 g/mol. The first-order chi connectivity index (χ1) is 7.13. The van der Waals surface area contributed by atoms with Gasteiger partial charge >= 0.3 is 0 Å². The topological polar surface area (TPSA) is 15.3 Å². The molecule has 1 atom stereocenters. The van der Waals surface area contributed by atoms with E-state index in [9.17, 15) is 0 Å². The van der Waals surface area contributed by atoms with Gasteiger partial charge in [0.25, 0.3) is 0 Å². The number of rotatable bonds is 5. The first-order valence-corrected chi connectivity index (χ1v) is 6.59. The van der Waals surface area contributed by atoms with E-state index in [0.29, 0.717) is 6.04 Å². The lowest BCUT2D eigenvalue weighted by molar-refractivity contribution is 0.156. The zero-order valence-electron chi connectivity index (χ0n) is 10.9. The minimum atomic E-state index is 0.628. The molecule has 0 unspecified atom stereocenters. The van der Waals surface area contributed by atoms with E-state index in [0.717, 1.165) is 11.8 Å². The molecule has 1 rings (SSSR count). The molecular formula is C13H28N2. The van der Waals surface area contributed by atoms with Crippen LogP contribution in [-0.2, 0) is 0 Å². The molecule has 0 radical (unpaired) electrons. The standard InChI is InChI=1S/C13H28N2/c1-5-15-8-6-13(7-9-15)12(4)10-14-11(2)3/h11-14H,5-10H2,1-4H3/t12-/m0/s1. The van der Waals surface area contributed by atoms with Gasteiger partial charge in [0.1, 0.15) is 0 Å². The van der Waals surface area contributed by atoms with Gasteiger partial charge in [-0.2, -0.15) is 0 Å². The molecule has 0 saturated carbocycles. The van der Waals surface area contributed by atoms with E-state index in [4.69, 9.17) is 0 Å². The van der Waals surface area contributed by atoms with Crippen molar-refractivity contribution in [3.8, 4) is 0 Å². The van der Waals surface area contributed by atoms with Gasteiger partial charge in [-0.05, 0) is 50.9 Å². The van der Waals surface area contributed by atoms with Crippen LogP contribution in [0.5, 0.6) is 0 Å². The third-order valence-corrected chi connectivity index (χ3v) is 3.73. The lowest BCUT2D eigenvalue weighted by Gasteiger charge is -2.34. The lowest BCUT2D eigenvalue weighted by Crippen LogP contribution is -2.38. The summed E-state index contributed by atoms with van der Waals surface area (Å²) >= 11 is 0. The van der Waals surface area contributed by atoms with Crippen LogP contribution in [0.4, 0.5) is 0 Å². The fourth-order valence-corrected chi connectivity index (χ4v) is 2.43. The Morgan fingerprint density at radius 2 is 1.80 bits per heavy atom. The zero-order chi connectivity index (χ0) is 11.3. The Morgan fingerprint density at radius 3 is 2.27 bits per heavy atom. The zero-order valence-corrected chi connectivity index (χ0v) is 10.9. The molecule has 1 N–H and O–H groups in total. The molecule has 90 valence electrons. The molecule has 1 aliphatic rings. The minimum Gasteiger partial charge on any atom is -0.314 e. The fourth-order valence-electron chi connectivity index (χ4n) is 2.43. The molecular weight excluding hydrogens is 184 g/mol. The minimum absolute atomic E-state index is 0.628. The van der Waals surface area contributed by atoms with Gasteiger partial charge in [-0.15, -0.1) is 0 Å². The Balaban J connectivity index is 2.20. The summed E-state index contributed by atoms with van der Waals surface area (Å²) in [5.41, 5.74) is 0. The quantitative estimate of drug-likeness (QED) is 0.752. The summed E-state index contributed by atoms with van der Waals surface area (Å²) in [6.07, 6.45) is 2.80. The molecule has 0 aromatic rings. The Labute approximate surface area is 95.4 Å². The normalized spacial score (nSPS) is 22.2.